The first-order chi connectivity index (χ1) is 16.1. The third-order valence-corrected chi connectivity index (χ3v) is 5.19. The number of hydrogen-bond acceptors (Lipinski definition) is 8. The second-order valence-electron chi connectivity index (χ2n) is 9.16. The summed E-state index contributed by atoms with van der Waals surface area (Å²) in [4.78, 5) is 46.1. The zero-order valence-corrected chi connectivity index (χ0v) is 20.9. The van der Waals surface area contributed by atoms with Crippen LogP contribution in [0, 0.1) is 0 Å². The van der Waals surface area contributed by atoms with Crippen LogP contribution in [-0.4, -0.2) is 92.8 Å². The molecule has 10 nitrogen and oxygen atoms in total. The highest BCUT2D eigenvalue weighted by molar-refractivity contribution is 6.13. The van der Waals surface area contributed by atoms with Gasteiger partial charge in [0.2, 0.25) is 5.91 Å². The molecule has 1 rings (SSSR count). The van der Waals surface area contributed by atoms with Crippen molar-refractivity contribution < 1.29 is 38.1 Å². The number of aldehydes is 1. The van der Waals surface area contributed by atoms with Crippen molar-refractivity contribution in [2.45, 2.75) is 64.6 Å². The molecule has 34 heavy (non-hydrogen) atoms. The Morgan fingerprint density at radius 1 is 0.882 bits per heavy atom. The van der Waals surface area contributed by atoms with Crippen LogP contribution in [0.5, 0.6) is 0 Å². The number of amides is 3. The number of rotatable bonds is 20. The minimum absolute atomic E-state index is 0.0582. The second-order valence-corrected chi connectivity index (χ2v) is 9.16. The lowest BCUT2D eigenvalue weighted by Gasteiger charge is -2.29. The van der Waals surface area contributed by atoms with Gasteiger partial charge in [-0.05, 0) is 40.5 Å². The van der Waals surface area contributed by atoms with Gasteiger partial charge in [-0.15, -0.1) is 0 Å². The molecule has 1 aliphatic heterocycles. The van der Waals surface area contributed by atoms with E-state index in [0.717, 1.165) is 17.6 Å². The molecule has 0 atom stereocenters. The fourth-order valence-corrected chi connectivity index (χ4v) is 3.04. The van der Waals surface area contributed by atoms with Gasteiger partial charge in [0.05, 0.1) is 50.8 Å². The summed E-state index contributed by atoms with van der Waals surface area (Å²) >= 11 is 0. The molecule has 10 heteroatoms. The first-order valence-electron chi connectivity index (χ1n) is 11.7. The highest BCUT2D eigenvalue weighted by Crippen LogP contribution is 2.20. The minimum Gasteiger partial charge on any atom is -0.377 e. The van der Waals surface area contributed by atoms with Crippen LogP contribution in [0.2, 0.25) is 0 Å². The number of ether oxygens (including phenoxy) is 4. The van der Waals surface area contributed by atoms with Crippen molar-refractivity contribution in [3.05, 3.63) is 12.2 Å². The summed E-state index contributed by atoms with van der Waals surface area (Å²) in [7, 11) is 0. The predicted octanol–water partition coefficient (Wildman–Crippen LogP) is 1.41. The molecule has 1 heterocycles. The molecule has 0 spiro atoms. The monoisotopic (exact) mass is 484 g/mol. The molecule has 194 valence electrons. The number of carbonyl (C=O) groups excluding carboxylic acids is 4. The Bertz CT molecular complexity index is 672. The molecule has 0 fully saturated rings. The maximum atomic E-state index is 11.8. The van der Waals surface area contributed by atoms with E-state index in [1.807, 2.05) is 27.7 Å². The summed E-state index contributed by atoms with van der Waals surface area (Å²) in [5.74, 6) is -1.03. The van der Waals surface area contributed by atoms with Gasteiger partial charge < -0.3 is 29.1 Å². The maximum Gasteiger partial charge on any atom is 0.253 e. The van der Waals surface area contributed by atoms with Gasteiger partial charge in [-0.2, -0.15) is 0 Å². The van der Waals surface area contributed by atoms with Crippen molar-refractivity contribution in [3.63, 3.8) is 0 Å². The van der Waals surface area contributed by atoms with Crippen molar-refractivity contribution in [1.29, 1.82) is 0 Å². The SMILES string of the molecule is CC(C)(CCC=O)OCCC(C)(C)OCCOCCOCCNC(=O)CCN1C(=O)C=CC1=O. The zero-order valence-electron chi connectivity index (χ0n) is 20.9. The molecular formula is C24H40N2O8. The van der Waals surface area contributed by atoms with Crippen molar-refractivity contribution in [3.8, 4) is 0 Å². The van der Waals surface area contributed by atoms with Crippen LogP contribution < -0.4 is 5.32 Å². The molecular weight excluding hydrogens is 444 g/mol. The molecule has 3 amide bonds. The number of nitrogens with one attached hydrogen (secondary N) is 1. The summed E-state index contributed by atoms with van der Waals surface area (Å²) in [6, 6.07) is 0. The van der Waals surface area contributed by atoms with E-state index in [2.05, 4.69) is 5.32 Å². The van der Waals surface area contributed by atoms with Crippen LogP contribution in [0.4, 0.5) is 0 Å². The topological polar surface area (TPSA) is 120 Å². The van der Waals surface area contributed by atoms with Gasteiger partial charge in [-0.25, -0.2) is 0 Å². The Hall–Kier alpha value is -2.14. The Balaban J connectivity index is 1.95. The maximum absolute atomic E-state index is 11.8. The third-order valence-electron chi connectivity index (χ3n) is 5.19. The van der Waals surface area contributed by atoms with Crippen LogP contribution in [0.3, 0.4) is 0 Å². The molecule has 1 N–H and O–H groups in total. The van der Waals surface area contributed by atoms with E-state index >= 15 is 0 Å². The Labute approximate surface area is 202 Å². The second kappa shape index (κ2) is 15.7. The number of carbonyl (C=O) groups is 4. The highest BCUT2D eigenvalue weighted by Gasteiger charge is 2.24. The molecule has 0 radical (unpaired) electrons. The summed E-state index contributed by atoms with van der Waals surface area (Å²) in [6.07, 6.45) is 5.27. The van der Waals surface area contributed by atoms with Crippen LogP contribution >= 0.6 is 0 Å². The van der Waals surface area contributed by atoms with Gasteiger partial charge in [0, 0.05) is 38.1 Å². The van der Waals surface area contributed by atoms with Crippen molar-refractivity contribution >= 4 is 24.0 Å². The number of hydrogen-bond donors (Lipinski definition) is 1. The molecule has 0 aliphatic carbocycles. The molecule has 0 aromatic heterocycles. The molecule has 0 aromatic rings. The van der Waals surface area contributed by atoms with Gasteiger partial charge in [0.15, 0.2) is 0 Å². The van der Waals surface area contributed by atoms with Gasteiger partial charge in [0.25, 0.3) is 11.8 Å². The standard InChI is InChI=1S/C24H40N2O8/c1-23(2,9-5-13-27)33-14-10-24(3,4)34-19-18-32-17-16-31-15-11-25-20(28)8-12-26-21(29)6-7-22(26)30/h6-7,13H,5,8-12,14-19H2,1-4H3,(H,25,28). The van der Waals surface area contributed by atoms with Crippen molar-refractivity contribution in [1.82, 2.24) is 10.2 Å². The minimum atomic E-state index is -0.393. The summed E-state index contributed by atoms with van der Waals surface area (Å²) in [5, 5.41) is 2.68. The van der Waals surface area contributed by atoms with Crippen LogP contribution in [0.15, 0.2) is 12.2 Å². The normalized spacial score (nSPS) is 14.2. The van der Waals surface area contributed by atoms with E-state index in [9.17, 15) is 19.2 Å². The third kappa shape index (κ3) is 13.5. The van der Waals surface area contributed by atoms with Gasteiger partial charge in [-0.1, -0.05) is 0 Å². The Kier molecular flexibility index (Phi) is 13.8. The first-order valence-corrected chi connectivity index (χ1v) is 11.7. The van der Waals surface area contributed by atoms with Crippen LogP contribution in [-0.2, 0) is 38.1 Å². The lowest BCUT2D eigenvalue weighted by atomic mass is 10.0. The van der Waals surface area contributed by atoms with E-state index in [1.165, 1.54) is 12.2 Å². The number of imide groups is 1. The predicted molar refractivity (Wildman–Crippen MR) is 125 cm³/mol. The quantitative estimate of drug-likeness (QED) is 0.156. The average Bonchev–Trinajstić information content (AvgIpc) is 3.09. The summed E-state index contributed by atoms with van der Waals surface area (Å²) in [5.41, 5.74) is -0.667. The van der Waals surface area contributed by atoms with E-state index in [4.69, 9.17) is 18.9 Å². The largest absolute Gasteiger partial charge is 0.377 e. The van der Waals surface area contributed by atoms with E-state index < -0.39 is 11.8 Å². The van der Waals surface area contributed by atoms with Crippen molar-refractivity contribution in [2.75, 3.05) is 52.7 Å². The Morgan fingerprint density at radius 3 is 2.09 bits per heavy atom. The van der Waals surface area contributed by atoms with Gasteiger partial charge >= 0.3 is 0 Å². The lowest BCUT2D eigenvalue weighted by molar-refractivity contribution is -0.137. The molecule has 1 aliphatic rings. The van der Waals surface area contributed by atoms with Crippen LogP contribution in [0.25, 0.3) is 0 Å². The molecule has 0 unspecified atom stereocenters. The molecule has 0 saturated heterocycles. The smallest absolute Gasteiger partial charge is 0.253 e. The first kappa shape index (κ1) is 29.9. The summed E-state index contributed by atoms with van der Waals surface area (Å²) in [6.45, 7) is 11.0. The zero-order chi connectivity index (χ0) is 25.5. The summed E-state index contributed by atoms with van der Waals surface area (Å²) < 4.78 is 22.7. The van der Waals surface area contributed by atoms with E-state index in [-0.39, 0.29) is 30.1 Å². The average molecular weight is 485 g/mol. The van der Waals surface area contributed by atoms with Crippen molar-refractivity contribution in [2.24, 2.45) is 0 Å². The Morgan fingerprint density at radius 2 is 1.44 bits per heavy atom. The fraction of sp³-hybridized carbons (Fsp3) is 0.750. The van der Waals surface area contributed by atoms with Gasteiger partial charge in [-0.3, -0.25) is 19.3 Å². The fourth-order valence-electron chi connectivity index (χ4n) is 3.04. The van der Waals surface area contributed by atoms with Gasteiger partial charge in [0.1, 0.15) is 6.29 Å². The molecule has 0 bridgehead atoms. The van der Waals surface area contributed by atoms with E-state index in [0.29, 0.717) is 59.0 Å². The highest BCUT2D eigenvalue weighted by atomic mass is 16.6. The lowest BCUT2D eigenvalue weighted by Crippen LogP contribution is -2.35. The molecule has 0 saturated carbocycles. The number of nitrogens with zero attached hydrogens (tertiary/aromatic N) is 1. The van der Waals surface area contributed by atoms with Crippen LogP contribution in [0.1, 0.15) is 53.4 Å². The van der Waals surface area contributed by atoms with E-state index in [1.54, 1.807) is 0 Å². The molecule has 0 aromatic carbocycles.